The molecule has 0 fully saturated rings. The van der Waals surface area contributed by atoms with E-state index >= 15 is 0 Å². The van der Waals surface area contributed by atoms with E-state index in [9.17, 15) is 0 Å². The molecule has 0 amide bonds. The molecule has 0 saturated carbocycles. The van der Waals surface area contributed by atoms with Gasteiger partial charge in [0, 0.05) is 6.42 Å². The molecule has 176 valence electrons. The zero-order chi connectivity index (χ0) is 21.9. The average molecular weight is 420 g/mol. The predicted octanol–water partition coefficient (Wildman–Crippen LogP) is 8.96. The Balaban J connectivity index is 2.20. The van der Waals surface area contributed by atoms with Gasteiger partial charge in [0.25, 0.3) is 5.82 Å². The Bertz CT molecular complexity index is 489. The molecule has 2 heteroatoms. The van der Waals surface area contributed by atoms with Gasteiger partial charge in [0.2, 0.25) is 0 Å². The third kappa shape index (κ3) is 12.8. The first-order chi connectivity index (χ1) is 14.7. The third-order valence-electron chi connectivity index (χ3n) is 6.60. The lowest BCUT2D eigenvalue weighted by molar-refractivity contribution is -0.704. The van der Waals surface area contributed by atoms with Gasteiger partial charge in [-0.3, -0.25) is 0 Å². The second-order valence-electron chi connectivity index (χ2n) is 9.82. The monoisotopic (exact) mass is 419 g/mol. The highest BCUT2D eigenvalue weighted by Gasteiger charge is 2.18. The average Bonchev–Trinajstić information content (AvgIpc) is 3.14. The van der Waals surface area contributed by atoms with Gasteiger partial charge in [-0.1, -0.05) is 110 Å². The minimum Gasteiger partial charge on any atom is -0.234 e. The third-order valence-corrected chi connectivity index (χ3v) is 6.60. The molecular formula is C28H55N2+. The van der Waals surface area contributed by atoms with Crippen molar-refractivity contribution in [2.24, 2.45) is 0 Å². The van der Waals surface area contributed by atoms with E-state index in [1.807, 2.05) is 0 Å². The standard InChI is InChI=1S/C28H55N2/c1-5-7-9-11-13-14-15-16-17-19-21-23-28-29(25-26-30(28)27(3)4)24-22-20-18-12-10-8-6-2/h25-27H,5-24H2,1-4H3/q+1. The number of unbranched alkanes of at least 4 members (excludes halogenated alkanes) is 16. The number of aryl methyl sites for hydroxylation is 1. The fourth-order valence-corrected chi connectivity index (χ4v) is 4.61. The van der Waals surface area contributed by atoms with Crippen LogP contribution in [0.1, 0.15) is 155 Å². The van der Waals surface area contributed by atoms with Crippen molar-refractivity contribution in [3.05, 3.63) is 18.2 Å². The highest BCUT2D eigenvalue weighted by Crippen LogP contribution is 2.14. The molecule has 0 radical (unpaired) electrons. The molecule has 1 rings (SSSR count). The summed E-state index contributed by atoms with van der Waals surface area (Å²) < 4.78 is 5.07. The summed E-state index contributed by atoms with van der Waals surface area (Å²) in [5, 5.41) is 0. The number of rotatable bonds is 21. The number of nitrogens with zero attached hydrogens (tertiary/aromatic N) is 2. The Hall–Kier alpha value is -0.790. The minimum atomic E-state index is 0.572. The molecule has 0 unspecified atom stereocenters. The van der Waals surface area contributed by atoms with Crippen molar-refractivity contribution in [2.45, 2.75) is 162 Å². The van der Waals surface area contributed by atoms with Crippen LogP contribution in [0, 0.1) is 0 Å². The largest absolute Gasteiger partial charge is 0.256 e. The van der Waals surface area contributed by atoms with E-state index in [2.05, 4.69) is 49.2 Å². The van der Waals surface area contributed by atoms with Crippen LogP contribution in [0.4, 0.5) is 0 Å². The maximum absolute atomic E-state index is 2.56. The van der Waals surface area contributed by atoms with Crippen molar-refractivity contribution in [2.75, 3.05) is 0 Å². The Morgan fingerprint density at radius 2 is 1.07 bits per heavy atom. The Morgan fingerprint density at radius 1 is 0.633 bits per heavy atom. The molecule has 1 heterocycles. The number of hydrogen-bond acceptors (Lipinski definition) is 0. The SMILES string of the molecule is CCCCCCCCCCCCCc1n(C(C)C)cc[n+]1CCCCCCCCC. The molecule has 2 nitrogen and oxygen atoms in total. The summed E-state index contributed by atoms with van der Waals surface area (Å²) in [4.78, 5) is 0. The maximum atomic E-state index is 2.56. The van der Waals surface area contributed by atoms with E-state index in [0.29, 0.717) is 6.04 Å². The van der Waals surface area contributed by atoms with Crippen LogP contribution < -0.4 is 4.57 Å². The quantitative estimate of drug-likeness (QED) is 0.139. The van der Waals surface area contributed by atoms with Crippen LogP contribution in [0.2, 0.25) is 0 Å². The van der Waals surface area contributed by atoms with Gasteiger partial charge >= 0.3 is 0 Å². The topological polar surface area (TPSA) is 8.81 Å². The lowest BCUT2D eigenvalue weighted by Crippen LogP contribution is -2.37. The van der Waals surface area contributed by atoms with Crippen molar-refractivity contribution in [1.82, 2.24) is 4.57 Å². The molecule has 0 atom stereocenters. The molecule has 30 heavy (non-hydrogen) atoms. The fourth-order valence-electron chi connectivity index (χ4n) is 4.61. The first-order valence-corrected chi connectivity index (χ1v) is 13.8. The Labute approximate surface area is 189 Å². The molecule has 0 spiro atoms. The number of hydrogen-bond donors (Lipinski definition) is 0. The van der Waals surface area contributed by atoms with Crippen molar-refractivity contribution in [3.63, 3.8) is 0 Å². The molecule has 0 aliphatic carbocycles. The second kappa shape index (κ2) is 18.9. The smallest absolute Gasteiger partial charge is 0.234 e. The van der Waals surface area contributed by atoms with Crippen LogP contribution in [-0.4, -0.2) is 4.57 Å². The summed E-state index contributed by atoms with van der Waals surface area (Å²) in [6, 6.07) is 0.572. The summed E-state index contributed by atoms with van der Waals surface area (Å²) in [6.45, 7) is 10.5. The lowest BCUT2D eigenvalue weighted by atomic mass is 10.1. The van der Waals surface area contributed by atoms with E-state index in [4.69, 9.17) is 0 Å². The molecule has 0 aliphatic rings. The van der Waals surface area contributed by atoms with E-state index in [1.54, 1.807) is 5.82 Å². The molecular weight excluding hydrogens is 364 g/mol. The minimum absolute atomic E-state index is 0.572. The fraction of sp³-hybridized carbons (Fsp3) is 0.893. The van der Waals surface area contributed by atoms with Gasteiger partial charge in [0.05, 0.1) is 12.6 Å². The van der Waals surface area contributed by atoms with E-state index < -0.39 is 0 Å². The summed E-state index contributed by atoms with van der Waals surface area (Å²) in [5.41, 5.74) is 0. The molecule has 1 aromatic heterocycles. The molecule has 0 aromatic carbocycles. The van der Waals surface area contributed by atoms with Gasteiger partial charge in [0.15, 0.2) is 0 Å². The zero-order valence-corrected chi connectivity index (χ0v) is 21.3. The van der Waals surface area contributed by atoms with Crippen LogP contribution in [0.15, 0.2) is 12.4 Å². The first-order valence-electron chi connectivity index (χ1n) is 13.8. The molecule has 0 bridgehead atoms. The van der Waals surface area contributed by atoms with Crippen molar-refractivity contribution >= 4 is 0 Å². The summed E-state index contributed by atoms with van der Waals surface area (Å²) >= 11 is 0. The summed E-state index contributed by atoms with van der Waals surface area (Å²) in [6.07, 6.45) is 31.3. The maximum Gasteiger partial charge on any atom is 0.256 e. The van der Waals surface area contributed by atoms with E-state index in [0.717, 1.165) is 0 Å². The van der Waals surface area contributed by atoms with Crippen LogP contribution in [0.25, 0.3) is 0 Å². The van der Waals surface area contributed by atoms with Crippen molar-refractivity contribution in [3.8, 4) is 0 Å². The Kier molecular flexibility index (Phi) is 17.2. The highest BCUT2D eigenvalue weighted by molar-refractivity contribution is 4.86. The zero-order valence-electron chi connectivity index (χ0n) is 21.3. The van der Waals surface area contributed by atoms with Crippen LogP contribution >= 0.6 is 0 Å². The first kappa shape index (κ1) is 27.2. The van der Waals surface area contributed by atoms with Gasteiger partial charge in [-0.25, -0.2) is 9.13 Å². The van der Waals surface area contributed by atoms with Gasteiger partial charge < -0.3 is 0 Å². The predicted molar refractivity (Wildman–Crippen MR) is 133 cm³/mol. The number of aromatic nitrogens is 2. The van der Waals surface area contributed by atoms with Gasteiger partial charge in [-0.15, -0.1) is 0 Å². The molecule has 0 saturated heterocycles. The lowest BCUT2D eigenvalue weighted by Gasteiger charge is -2.08. The molecule has 0 N–H and O–H groups in total. The second-order valence-corrected chi connectivity index (χ2v) is 9.82. The summed E-state index contributed by atoms with van der Waals surface area (Å²) in [5.74, 6) is 1.56. The molecule has 0 aliphatic heterocycles. The highest BCUT2D eigenvalue weighted by atomic mass is 15.2. The van der Waals surface area contributed by atoms with Gasteiger partial charge in [-0.05, 0) is 33.1 Å². The van der Waals surface area contributed by atoms with Gasteiger partial charge in [-0.2, -0.15) is 0 Å². The molecule has 1 aromatic rings. The van der Waals surface area contributed by atoms with Crippen molar-refractivity contribution in [1.29, 1.82) is 0 Å². The Morgan fingerprint density at radius 3 is 1.53 bits per heavy atom. The van der Waals surface area contributed by atoms with E-state index in [1.165, 1.54) is 129 Å². The van der Waals surface area contributed by atoms with Crippen LogP contribution in [0.5, 0.6) is 0 Å². The van der Waals surface area contributed by atoms with Crippen LogP contribution in [-0.2, 0) is 13.0 Å². The van der Waals surface area contributed by atoms with Crippen LogP contribution in [0.3, 0.4) is 0 Å². The normalized spacial score (nSPS) is 11.6. The summed E-state index contributed by atoms with van der Waals surface area (Å²) in [7, 11) is 0. The number of imidazole rings is 1. The van der Waals surface area contributed by atoms with Crippen molar-refractivity contribution < 1.29 is 4.57 Å². The van der Waals surface area contributed by atoms with Gasteiger partial charge in [0.1, 0.15) is 12.4 Å². The van der Waals surface area contributed by atoms with E-state index in [-0.39, 0.29) is 0 Å².